The van der Waals surface area contributed by atoms with Gasteiger partial charge < -0.3 is 14.2 Å². The van der Waals surface area contributed by atoms with Gasteiger partial charge in [0.05, 0.1) is 37.3 Å². The Bertz CT molecular complexity index is 736. The minimum Gasteiger partial charge on any atom is -0.499 e. The van der Waals surface area contributed by atoms with Crippen LogP contribution in [0.4, 0.5) is 0 Å². The number of ketones is 1. The Morgan fingerprint density at radius 1 is 0.632 bits per heavy atom. The van der Waals surface area contributed by atoms with Crippen molar-refractivity contribution in [3.8, 4) is 0 Å². The molecule has 4 rings (SSSR count). The topological polar surface area (TPSA) is 61.8 Å². The van der Waals surface area contributed by atoms with Crippen LogP contribution < -0.4 is 0 Å². The van der Waals surface area contributed by atoms with Crippen LogP contribution in [0, 0.1) is 47.3 Å². The third kappa shape index (κ3) is 12.8. The van der Waals surface area contributed by atoms with Gasteiger partial charge in [-0.3, -0.25) is 9.59 Å². The number of carbonyl (C=O) groups is 2. The molecule has 4 unspecified atom stereocenters. The van der Waals surface area contributed by atoms with E-state index in [0.29, 0.717) is 30.1 Å². The summed E-state index contributed by atoms with van der Waals surface area (Å²) in [5.74, 6) is 7.04. The van der Waals surface area contributed by atoms with Crippen LogP contribution in [0.3, 0.4) is 0 Å². The van der Waals surface area contributed by atoms with Gasteiger partial charge in [0.1, 0.15) is 5.78 Å². The molecule has 3 aliphatic heterocycles. The Hall–Kier alpha value is -1.78. The highest BCUT2D eigenvalue weighted by molar-refractivity contribution is 5.83. The Balaban J connectivity index is 0.000000254. The molecule has 3 saturated heterocycles. The zero-order valence-corrected chi connectivity index (χ0v) is 25.9. The van der Waals surface area contributed by atoms with Crippen molar-refractivity contribution in [2.24, 2.45) is 47.3 Å². The molecule has 38 heavy (non-hydrogen) atoms. The summed E-state index contributed by atoms with van der Waals surface area (Å²) < 4.78 is 15.4. The molecule has 0 spiro atoms. The molecular formula is C33H58O5. The molecule has 0 aromatic rings. The molecule has 0 aromatic carbocycles. The van der Waals surface area contributed by atoms with Gasteiger partial charge in [0.2, 0.25) is 0 Å². The summed E-state index contributed by atoms with van der Waals surface area (Å²) in [4.78, 5) is 22.0. The van der Waals surface area contributed by atoms with Crippen molar-refractivity contribution in [2.75, 3.05) is 19.8 Å². The number of esters is 1. The lowest BCUT2D eigenvalue weighted by atomic mass is 9.88. The quantitative estimate of drug-likeness (QED) is 0.339. The monoisotopic (exact) mass is 534 g/mol. The van der Waals surface area contributed by atoms with E-state index in [1.54, 1.807) is 0 Å². The Morgan fingerprint density at radius 2 is 1.18 bits per heavy atom. The number of carbonyl (C=O) groups excluding carboxylic acids is 2. The summed E-state index contributed by atoms with van der Waals surface area (Å²) in [6.45, 7) is 27.4. The van der Waals surface area contributed by atoms with Crippen molar-refractivity contribution >= 4 is 11.8 Å². The lowest BCUT2D eigenvalue weighted by Crippen LogP contribution is -2.27. The van der Waals surface area contributed by atoms with Gasteiger partial charge in [-0.2, -0.15) is 0 Å². The fourth-order valence-corrected chi connectivity index (χ4v) is 5.29. The SMILES string of the molecule is C=C1CC(C(C)C)CCO1.C=C1CC(C(C)C)CO1.CC(C)C1CCCC1=O.CC(C)C1CCCOC1=O. The van der Waals surface area contributed by atoms with E-state index >= 15 is 0 Å². The second kappa shape index (κ2) is 17.7. The van der Waals surface area contributed by atoms with E-state index in [0.717, 1.165) is 93.3 Å². The van der Waals surface area contributed by atoms with Crippen LogP contribution in [0.1, 0.15) is 107 Å². The largest absolute Gasteiger partial charge is 0.499 e. The van der Waals surface area contributed by atoms with Gasteiger partial charge in [0, 0.05) is 31.1 Å². The summed E-state index contributed by atoms with van der Waals surface area (Å²) in [5, 5.41) is 0. The molecule has 0 aromatic heterocycles. The summed E-state index contributed by atoms with van der Waals surface area (Å²) in [6, 6.07) is 0. The van der Waals surface area contributed by atoms with Crippen LogP contribution in [0.25, 0.3) is 0 Å². The van der Waals surface area contributed by atoms with Crippen LogP contribution in [0.2, 0.25) is 0 Å². The molecule has 4 atom stereocenters. The summed E-state index contributed by atoms with van der Waals surface area (Å²) in [7, 11) is 0. The van der Waals surface area contributed by atoms with Crippen LogP contribution in [0.5, 0.6) is 0 Å². The summed E-state index contributed by atoms with van der Waals surface area (Å²) in [5.41, 5.74) is 0. The van der Waals surface area contributed by atoms with Gasteiger partial charge in [0.15, 0.2) is 0 Å². The minimum absolute atomic E-state index is 0.00116. The first-order valence-corrected chi connectivity index (χ1v) is 15.1. The maximum absolute atomic E-state index is 11.0. The predicted molar refractivity (Wildman–Crippen MR) is 156 cm³/mol. The number of hydrogen-bond donors (Lipinski definition) is 0. The fraction of sp³-hybridized carbons (Fsp3) is 0.818. The molecule has 5 nitrogen and oxygen atoms in total. The average Bonchev–Trinajstić information content (AvgIpc) is 3.49. The Kier molecular flexibility index (Phi) is 16.0. The number of Topliss-reactive ketones (excluding diaryl/α,β-unsaturated/α-hetero) is 1. The zero-order chi connectivity index (χ0) is 28.8. The van der Waals surface area contributed by atoms with E-state index in [4.69, 9.17) is 14.2 Å². The molecule has 220 valence electrons. The van der Waals surface area contributed by atoms with Crippen LogP contribution in [0.15, 0.2) is 24.7 Å². The summed E-state index contributed by atoms with van der Waals surface area (Å²) in [6.07, 6.45) is 8.48. The third-order valence-electron chi connectivity index (χ3n) is 8.33. The zero-order valence-electron chi connectivity index (χ0n) is 25.9. The van der Waals surface area contributed by atoms with E-state index in [-0.39, 0.29) is 11.9 Å². The second-order valence-corrected chi connectivity index (χ2v) is 12.8. The van der Waals surface area contributed by atoms with Crippen molar-refractivity contribution in [3.05, 3.63) is 24.7 Å². The maximum Gasteiger partial charge on any atom is 0.309 e. The summed E-state index contributed by atoms with van der Waals surface area (Å²) >= 11 is 0. The molecule has 5 heteroatoms. The van der Waals surface area contributed by atoms with E-state index in [1.807, 2.05) is 0 Å². The van der Waals surface area contributed by atoms with Crippen molar-refractivity contribution < 1.29 is 23.8 Å². The normalized spacial score (nSPS) is 27.1. The molecule has 1 aliphatic carbocycles. The first-order chi connectivity index (χ1) is 17.8. The molecule has 0 bridgehead atoms. The molecule has 3 heterocycles. The van der Waals surface area contributed by atoms with Gasteiger partial charge >= 0.3 is 5.97 Å². The molecule has 0 radical (unpaired) electrons. The number of hydrogen-bond acceptors (Lipinski definition) is 5. The fourth-order valence-electron chi connectivity index (χ4n) is 5.29. The maximum atomic E-state index is 11.0. The number of cyclic esters (lactones) is 1. The molecule has 1 saturated carbocycles. The number of allylic oxidation sites excluding steroid dienone is 2. The van der Waals surface area contributed by atoms with Gasteiger partial charge in [-0.25, -0.2) is 0 Å². The average molecular weight is 535 g/mol. The minimum atomic E-state index is 0.00116. The van der Waals surface area contributed by atoms with Crippen molar-refractivity contribution in [2.45, 2.75) is 107 Å². The molecule has 0 N–H and O–H groups in total. The first kappa shape index (κ1) is 34.2. The predicted octanol–water partition coefficient (Wildman–Crippen LogP) is 8.38. The van der Waals surface area contributed by atoms with Gasteiger partial charge in [-0.1, -0.05) is 68.5 Å². The van der Waals surface area contributed by atoms with Gasteiger partial charge in [-0.05, 0) is 61.7 Å². The lowest BCUT2D eigenvalue weighted by Gasteiger charge is -2.26. The molecule has 4 aliphatic rings. The number of ether oxygens (including phenoxy) is 3. The van der Waals surface area contributed by atoms with Crippen LogP contribution >= 0.6 is 0 Å². The van der Waals surface area contributed by atoms with Gasteiger partial charge in [-0.15, -0.1) is 0 Å². The van der Waals surface area contributed by atoms with Crippen molar-refractivity contribution in [1.82, 2.24) is 0 Å². The van der Waals surface area contributed by atoms with E-state index in [2.05, 4.69) is 68.5 Å². The van der Waals surface area contributed by atoms with Crippen LogP contribution in [-0.2, 0) is 23.8 Å². The van der Waals surface area contributed by atoms with Gasteiger partial charge in [0.25, 0.3) is 0 Å². The van der Waals surface area contributed by atoms with E-state index in [9.17, 15) is 9.59 Å². The van der Waals surface area contributed by atoms with E-state index in [1.165, 1.54) is 6.42 Å². The Labute approximate surface area is 234 Å². The number of rotatable bonds is 4. The highest BCUT2D eigenvalue weighted by atomic mass is 16.5. The highest BCUT2D eigenvalue weighted by Crippen LogP contribution is 2.29. The van der Waals surface area contributed by atoms with E-state index < -0.39 is 0 Å². The van der Waals surface area contributed by atoms with Crippen LogP contribution in [-0.4, -0.2) is 31.6 Å². The molecule has 0 amide bonds. The third-order valence-corrected chi connectivity index (χ3v) is 8.33. The van der Waals surface area contributed by atoms with Crippen molar-refractivity contribution in [3.63, 3.8) is 0 Å². The lowest BCUT2D eigenvalue weighted by molar-refractivity contribution is -0.154. The molecular weight excluding hydrogens is 476 g/mol. The second-order valence-electron chi connectivity index (χ2n) is 12.8. The standard InChI is InChI=1S/C9H16O.C8H14O2.2C8H14O/c1-7(2)9-4-5-10-8(3)6-9;1-6(2)7-4-3-5-10-8(7)9;1-6(2)8-4-7(3)9-5-8;1-6(2)7-4-3-5-8(7)9/h7,9H,3-6H2,1-2H3;6-7H,3-5H2,1-2H3;6,8H,3-5H2,1-2H3;6-7H,3-5H2,1-2H3. The molecule has 4 fully saturated rings. The first-order valence-electron chi connectivity index (χ1n) is 15.1. The highest BCUT2D eigenvalue weighted by Gasteiger charge is 2.27. The Morgan fingerprint density at radius 3 is 1.50 bits per heavy atom. The smallest absolute Gasteiger partial charge is 0.309 e. The van der Waals surface area contributed by atoms with Crippen molar-refractivity contribution in [1.29, 1.82) is 0 Å².